The Hall–Kier alpha value is -7.07. The van der Waals surface area contributed by atoms with E-state index in [-0.39, 0.29) is 94.1 Å². The number of phenolic OH excluding ortho intramolecular Hbond substituents is 1. The Morgan fingerprint density at radius 2 is 1.79 bits per heavy atom. The molecule has 16 nitrogen and oxygen atoms in total. The summed E-state index contributed by atoms with van der Waals surface area (Å²) < 4.78 is 43.3. The number of aromatic hydroxyl groups is 1. The Labute approximate surface area is 421 Å². The van der Waals surface area contributed by atoms with Gasteiger partial charge in [0.2, 0.25) is 11.8 Å². The second kappa shape index (κ2) is 19.4. The number of phenols is 1. The first-order chi connectivity index (χ1) is 35.3. The molecule has 2 bridgehead atoms. The summed E-state index contributed by atoms with van der Waals surface area (Å²) in [5, 5.41) is 17.7. The first-order valence-electron chi connectivity index (χ1n) is 25.2. The molecule has 5 atom stereocenters. The second-order valence-electron chi connectivity index (χ2n) is 20.8. The Morgan fingerprint density at radius 1 is 1.00 bits per heavy atom. The normalized spacial score (nSPS) is 25.1. The van der Waals surface area contributed by atoms with E-state index in [2.05, 4.69) is 60.9 Å². The fourth-order valence-corrected chi connectivity index (χ4v) is 12.6. The maximum Gasteiger partial charge on any atom is 0.319 e. The molecule has 0 spiro atoms. The number of rotatable bonds is 10. The number of nitrogens with zero attached hydrogens (tertiary/aromatic N) is 7. The van der Waals surface area contributed by atoms with E-state index in [1.807, 2.05) is 12.1 Å². The van der Waals surface area contributed by atoms with Gasteiger partial charge in [-0.15, -0.1) is 6.42 Å². The average Bonchev–Trinajstić information content (AvgIpc) is 4.11. The molecule has 7 aliphatic heterocycles. The van der Waals surface area contributed by atoms with Gasteiger partial charge in [0, 0.05) is 73.4 Å². The van der Waals surface area contributed by atoms with Crippen LogP contribution in [0.5, 0.6) is 11.8 Å². The quantitative estimate of drug-likeness (QED) is 0.0669. The molecule has 2 aromatic heterocycles. The second-order valence-corrected chi connectivity index (χ2v) is 20.8. The van der Waals surface area contributed by atoms with Crippen LogP contribution in [0.15, 0.2) is 60.8 Å². The van der Waals surface area contributed by atoms with Crippen molar-refractivity contribution >= 4 is 51.7 Å². The molecule has 12 rings (SSSR count). The molecule has 6 fully saturated rings. The number of pyridine rings is 1. The van der Waals surface area contributed by atoms with E-state index in [1.165, 1.54) is 36.0 Å². The molecular weight excluding hydrogens is 937 g/mol. The predicted molar refractivity (Wildman–Crippen MR) is 268 cm³/mol. The molecular formula is C55H57F2N9O7. The summed E-state index contributed by atoms with van der Waals surface area (Å²) in [6.07, 6.45) is 14.6. The number of terminal acetylenes is 1. The number of piperazine rings is 1. The smallest absolute Gasteiger partial charge is 0.319 e. The molecule has 5 aromatic rings. The number of hydrogen-bond donors (Lipinski definition) is 3. The van der Waals surface area contributed by atoms with E-state index in [9.17, 15) is 28.7 Å². The summed E-state index contributed by atoms with van der Waals surface area (Å²) in [4.78, 5) is 69.7. The predicted octanol–water partition coefficient (Wildman–Crippen LogP) is 5.72. The van der Waals surface area contributed by atoms with Crippen molar-refractivity contribution in [3.8, 4) is 35.4 Å². The van der Waals surface area contributed by atoms with Crippen molar-refractivity contribution in [2.75, 3.05) is 57.9 Å². The summed E-state index contributed by atoms with van der Waals surface area (Å²) in [6, 6.07) is 11.5. The number of piperidine rings is 2. The van der Waals surface area contributed by atoms with Crippen LogP contribution in [0.3, 0.4) is 0 Å². The van der Waals surface area contributed by atoms with E-state index in [0.717, 1.165) is 68.3 Å². The van der Waals surface area contributed by atoms with Gasteiger partial charge >= 0.3 is 6.01 Å². The molecule has 0 saturated carbocycles. The number of likely N-dealkylation sites (tertiary alicyclic amines) is 1. The third-order valence-electron chi connectivity index (χ3n) is 16.2. The lowest BCUT2D eigenvalue weighted by Gasteiger charge is -2.35. The lowest BCUT2D eigenvalue weighted by atomic mass is 9.85. The number of imide groups is 1. The first kappa shape index (κ1) is 48.2. The van der Waals surface area contributed by atoms with Crippen molar-refractivity contribution < 1.29 is 42.5 Å². The van der Waals surface area contributed by atoms with Gasteiger partial charge in [-0.05, 0) is 118 Å². The number of amides is 3. The van der Waals surface area contributed by atoms with E-state index in [4.69, 9.17) is 20.9 Å². The fraction of sp³-hybridized carbons (Fsp3) is 0.436. The number of ether oxygens (including phenoxy) is 2. The van der Waals surface area contributed by atoms with Crippen LogP contribution in [0.25, 0.3) is 32.9 Å². The minimum atomic E-state index is -0.765. The molecule has 6 saturated heterocycles. The number of carbonyl (C=O) groups is 4. The van der Waals surface area contributed by atoms with E-state index in [1.54, 1.807) is 4.90 Å². The van der Waals surface area contributed by atoms with Crippen LogP contribution in [0.4, 0.5) is 14.6 Å². The van der Waals surface area contributed by atoms with Crippen LogP contribution in [-0.4, -0.2) is 142 Å². The summed E-state index contributed by atoms with van der Waals surface area (Å²) >= 11 is 0. The van der Waals surface area contributed by atoms with Gasteiger partial charge in [0.25, 0.3) is 12.4 Å². The monoisotopic (exact) mass is 993 g/mol. The Kier molecular flexibility index (Phi) is 12.8. The molecule has 3 N–H and O–H groups in total. The lowest BCUT2D eigenvalue weighted by Crippen LogP contribution is -2.52. The lowest BCUT2D eigenvalue weighted by molar-refractivity contribution is -0.137. The topological polar surface area (TPSA) is 183 Å². The highest BCUT2D eigenvalue weighted by Gasteiger charge is 2.51. The van der Waals surface area contributed by atoms with Crippen LogP contribution in [0.2, 0.25) is 0 Å². The SMILES string of the molecule is C#Cc1c(F)ccc2cc(O)cc(-c3ncc4c(N5CC6CCC(C5)N6)nc(OCC56CCC(COC=O)N5CC(=C)C6)nc4c3F)c12.CN1CCC(c2cccc3c2CN(C2CCC(=O)NC2=O)C3=O)CC1. The van der Waals surface area contributed by atoms with Gasteiger partial charge in [-0.25, -0.2) is 8.78 Å². The summed E-state index contributed by atoms with van der Waals surface area (Å²) in [5.41, 5.74) is 3.70. The zero-order chi connectivity index (χ0) is 50.7. The van der Waals surface area contributed by atoms with E-state index >= 15 is 4.39 Å². The van der Waals surface area contributed by atoms with Gasteiger partial charge in [-0.1, -0.05) is 36.3 Å². The van der Waals surface area contributed by atoms with Crippen molar-refractivity contribution in [2.45, 2.75) is 100.0 Å². The van der Waals surface area contributed by atoms with Crippen LogP contribution in [-0.2, 0) is 25.7 Å². The standard InChI is InChI=1S/C36H34F2N6O4.C19H23N3O3/c1-3-26-29(37)7-4-21-10-25(46)11-27(30(21)26)32-31(38)33-28(13-39-32)34(43-15-22-5-6-23(16-43)40-22)42-35(41-33)48-18-36-9-8-24(17-47-19-45)44(36)14-20(2)12-36;1-21-9-7-12(8-10-21)13-3-2-4-14-15(13)11-22(19(14)25)16-5-6-17(23)20-18(16)24/h1,4,7,10-11,13,19,22-24,40,46H,2,5-6,8-9,12,14-18H2;2-4,12,16H,5-11H2,1H3,(H,20,23,24). The Bertz CT molecular complexity index is 3130. The van der Waals surface area contributed by atoms with Gasteiger partial charge in [-0.3, -0.25) is 34.4 Å². The van der Waals surface area contributed by atoms with Gasteiger partial charge in [0.05, 0.1) is 16.5 Å². The average molecular weight is 994 g/mol. The minimum absolute atomic E-state index is 0.00472. The number of benzene rings is 3. The van der Waals surface area contributed by atoms with E-state index < -0.39 is 17.7 Å². The Balaban J connectivity index is 0.000000193. The van der Waals surface area contributed by atoms with Gasteiger partial charge in [0.15, 0.2) is 5.82 Å². The highest BCUT2D eigenvalue weighted by Crippen LogP contribution is 2.45. The molecule has 0 aliphatic carbocycles. The van der Waals surface area contributed by atoms with Gasteiger partial charge in [-0.2, -0.15) is 9.97 Å². The van der Waals surface area contributed by atoms with Crippen molar-refractivity contribution in [1.29, 1.82) is 0 Å². The maximum absolute atomic E-state index is 16.9. The number of fused-ring (bicyclic) bond motifs is 6. The number of anilines is 1. The molecule has 9 heterocycles. The number of hydrogen-bond acceptors (Lipinski definition) is 14. The zero-order valence-electron chi connectivity index (χ0n) is 40.7. The molecule has 5 unspecified atom stereocenters. The Morgan fingerprint density at radius 3 is 2.55 bits per heavy atom. The summed E-state index contributed by atoms with van der Waals surface area (Å²) in [5.74, 6) is 1.14. The number of carbonyl (C=O) groups excluding carboxylic acids is 4. The van der Waals surface area contributed by atoms with Gasteiger partial charge in [0.1, 0.15) is 47.9 Å². The highest BCUT2D eigenvalue weighted by atomic mass is 19.1. The third kappa shape index (κ3) is 8.90. The third-order valence-corrected chi connectivity index (χ3v) is 16.2. The molecule has 378 valence electrons. The summed E-state index contributed by atoms with van der Waals surface area (Å²) in [7, 11) is 2.14. The van der Waals surface area contributed by atoms with Crippen LogP contribution in [0, 0.1) is 24.0 Å². The van der Waals surface area contributed by atoms with Crippen LogP contribution >= 0.6 is 0 Å². The molecule has 73 heavy (non-hydrogen) atoms. The zero-order valence-corrected chi connectivity index (χ0v) is 40.7. The number of aromatic nitrogens is 3. The fourth-order valence-electron chi connectivity index (χ4n) is 12.6. The van der Waals surface area contributed by atoms with Crippen molar-refractivity contribution in [3.63, 3.8) is 0 Å². The molecule has 3 amide bonds. The summed E-state index contributed by atoms with van der Waals surface area (Å²) in [6.45, 7) is 9.87. The minimum Gasteiger partial charge on any atom is -0.508 e. The molecule has 18 heteroatoms. The first-order valence-corrected chi connectivity index (χ1v) is 25.2. The molecule has 3 aromatic carbocycles. The van der Waals surface area contributed by atoms with Crippen molar-refractivity contribution in [2.24, 2.45) is 0 Å². The number of halogens is 2. The highest BCUT2D eigenvalue weighted by molar-refractivity contribution is 6.06. The van der Waals surface area contributed by atoms with Gasteiger partial charge < -0.3 is 34.6 Å². The largest absolute Gasteiger partial charge is 0.508 e. The van der Waals surface area contributed by atoms with E-state index in [0.29, 0.717) is 74.4 Å². The maximum atomic E-state index is 16.9. The number of nitrogens with one attached hydrogen (secondary N) is 2. The van der Waals surface area contributed by atoms with Crippen LogP contribution in [0.1, 0.15) is 90.8 Å². The molecule has 0 radical (unpaired) electrons. The van der Waals surface area contributed by atoms with Crippen molar-refractivity contribution in [3.05, 3.63) is 94.7 Å². The van der Waals surface area contributed by atoms with Crippen molar-refractivity contribution in [1.82, 2.24) is 40.3 Å². The molecule has 7 aliphatic rings. The van der Waals surface area contributed by atoms with Crippen LogP contribution < -0.4 is 20.3 Å².